The van der Waals surface area contributed by atoms with Crippen LogP contribution in [0.4, 0.5) is 0 Å². The molecule has 2 saturated heterocycles. The second kappa shape index (κ2) is 4.69. The molecule has 0 saturated carbocycles. The van der Waals surface area contributed by atoms with Crippen LogP contribution in [0.5, 0.6) is 0 Å². The number of hydrogen-bond acceptors (Lipinski definition) is 2. The van der Waals surface area contributed by atoms with Crippen molar-refractivity contribution in [2.24, 2.45) is 27.2 Å². The van der Waals surface area contributed by atoms with Crippen molar-refractivity contribution in [3.63, 3.8) is 0 Å². The molecule has 6 N–H and O–H groups in total. The third-order valence-corrected chi connectivity index (χ3v) is 3.35. The topological polar surface area (TPSA) is 106 Å². The molecular weight excluding hydrogens is 204 g/mol. The summed E-state index contributed by atoms with van der Waals surface area (Å²) in [7, 11) is 0. The predicted octanol–water partition coefficient (Wildman–Crippen LogP) is -0.799. The fraction of sp³-hybridized carbons (Fsp3) is 0.800. The number of hydrogen-bond donors (Lipinski definition) is 3. The summed E-state index contributed by atoms with van der Waals surface area (Å²) >= 11 is 0. The number of piperidine rings is 1. The fourth-order valence-corrected chi connectivity index (χ4v) is 2.67. The quantitative estimate of drug-likeness (QED) is 0.400. The molecule has 90 valence electrons. The lowest BCUT2D eigenvalue weighted by molar-refractivity contribution is 0.183. The van der Waals surface area contributed by atoms with Gasteiger partial charge in [-0.15, -0.1) is 0 Å². The predicted molar refractivity (Wildman–Crippen MR) is 65.0 cm³/mol. The lowest BCUT2D eigenvalue weighted by atomic mass is 9.98. The Labute approximate surface area is 95.6 Å². The molecule has 2 unspecified atom stereocenters. The Morgan fingerprint density at radius 1 is 1.12 bits per heavy atom. The molecule has 2 aliphatic rings. The summed E-state index contributed by atoms with van der Waals surface area (Å²) in [5, 5.41) is 0. The van der Waals surface area contributed by atoms with E-state index in [0.29, 0.717) is 6.04 Å². The van der Waals surface area contributed by atoms with E-state index >= 15 is 0 Å². The molecule has 2 rings (SSSR count). The highest BCUT2D eigenvalue weighted by Crippen LogP contribution is 2.28. The number of rotatable bonds is 1. The molecule has 6 nitrogen and oxygen atoms in total. The average molecular weight is 224 g/mol. The van der Waals surface area contributed by atoms with E-state index < -0.39 is 0 Å². The van der Waals surface area contributed by atoms with Gasteiger partial charge in [0.05, 0.1) is 6.04 Å². The summed E-state index contributed by atoms with van der Waals surface area (Å²) in [6.45, 7) is 2.36. The molecule has 0 aromatic carbocycles. The first-order chi connectivity index (χ1) is 7.65. The van der Waals surface area contributed by atoms with Crippen LogP contribution in [0.3, 0.4) is 0 Å². The van der Waals surface area contributed by atoms with Crippen LogP contribution in [0.25, 0.3) is 0 Å². The van der Waals surface area contributed by atoms with Crippen molar-refractivity contribution in [3.05, 3.63) is 0 Å². The minimum atomic E-state index is -0.0282. The smallest absolute Gasteiger partial charge is 0.218 e. The monoisotopic (exact) mass is 224 g/mol. The number of fused-ring (bicyclic) bond motifs is 1. The van der Waals surface area contributed by atoms with E-state index in [9.17, 15) is 0 Å². The zero-order chi connectivity index (χ0) is 11.5. The standard InChI is InChI=1S/C10H20N6/c11-9(12)15-10(13)14-7-3-5-16-4-1-2-8(16)6-7/h7-8H,1-6H2,(H6,11,12,13,14,15). The van der Waals surface area contributed by atoms with E-state index in [4.69, 9.17) is 17.2 Å². The van der Waals surface area contributed by atoms with Gasteiger partial charge in [-0.3, -0.25) is 0 Å². The molecule has 0 bridgehead atoms. The maximum atomic E-state index is 5.63. The fourth-order valence-electron chi connectivity index (χ4n) is 2.67. The van der Waals surface area contributed by atoms with Crippen LogP contribution in [0, 0.1) is 0 Å². The van der Waals surface area contributed by atoms with Crippen molar-refractivity contribution in [2.45, 2.75) is 37.8 Å². The van der Waals surface area contributed by atoms with Gasteiger partial charge in [-0.1, -0.05) is 0 Å². The van der Waals surface area contributed by atoms with Crippen molar-refractivity contribution in [3.8, 4) is 0 Å². The zero-order valence-electron chi connectivity index (χ0n) is 9.47. The summed E-state index contributed by atoms with van der Waals surface area (Å²) in [5.41, 5.74) is 16.1. The number of nitrogens with zero attached hydrogens (tertiary/aromatic N) is 3. The van der Waals surface area contributed by atoms with Gasteiger partial charge in [0.2, 0.25) is 5.96 Å². The SMILES string of the molecule is NC(N)=NC(N)=NC1CCN2CCCC2C1. The molecule has 2 fully saturated rings. The van der Waals surface area contributed by atoms with Crippen LogP contribution < -0.4 is 17.2 Å². The molecular formula is C10H20N6. The molecule has 0 spiro atoms. The van der Waals surface area contributed by atoms with Crippen LogP contribution in [0.2, 0.25) is 0 Å². The van der Waals surface area contributed by atoms with Gasteiger partial charge in [0, 0.05) is 12.6 Å². The molecule has 0 aromatic rings. The van der Waals surface area contributed by atoms with Crippen LogP contribution in [-0.4, -0.2) is 42.0 Å². The second-order valence-electron chi connectivity index (χ2n) is 4.53. The average Bonchev–Trinajstić information content (AvgIpc) is 2.63. The van der Waals surface area contributed by atoms with Crippen LogP contribution >= 0.6 is 0 Å². The molecule has 2 aliphatic heterocycles. The van der Waals surface area contributed by atoms with Crippen molar-refractivity contribution in [1.29, 1.82) is 0 Å². The highest BCUT2D eigenvalue weighted by atomic mass is 15.2. The summed E-state index contributed by atoms with van der Waals surface area (Å²) in [6, 6.07) is 0.969. The lowest BCUT2D eigenvalue weighted by Crippen LogP contribution is -2.40. The van der Waals surface area contributed by atoms with Crippen molar-refractivity contribution >= 4 is 11.9 Å². The van der Waals surface area contributed by atoms with Gasteiger partial charge in [-0.25, -0.2) is 4.99 Å². The number of nitrogens with two attached hydrogens (primary N) is 3. The van der Waals surface area contributed by atoms with Gasteiger partial charge >= 0.3 is 0 Å². The zero-order valence-corrected chi connectivity index (χ0v) is 9.47. The maximum absolute atomic E-state index is 5.63. The molecule has 0 amide bonds. The minimum absolute atomic E-state index is 0.0282. The highest BCUT2D eigenvalue weighted by Gasteiger charge is 2.31. The first-order valence-corrected chi connectivity index (χ1v) is 5.82. The minimum Gasteiger partial charge on any atom is -0.370 e. The Bertz CT molecular complexity index is 306. The van der Waals surface area contributed by atoms with Crippen LogP contribution in [-0.2, 0) is 0 Å². The molecule has 16 heavy (non-hydrogen) atoms. The van der Waals surface area contributed by atoms with Gasteiger partial charge < -0.3 is 22.1 Å². The van der Waals surface area contributed by atoms with Crippen molar-refractivity contribution < 1.29 is 0 Å². The summed E-state index contributed by atoms with van der Waals surface area (Å²) in [5.74, 6) is 0.177. The van der Waals surface area contributed by atoms with E-state index in [1.165, 1.54) is 19.4 Å². The van der Waals surface area contributed by atoms with Gasteiger partial charge in [0.1, 0.15) is 0 Å². The first-order valence-electron chi connectivity index (χ1n) is 5.82. The van der Waals surface area contributed by atoms with E-state index in [1.54, 1.807) is 0 Å². The van der Waals surface area contributed by atoms with E-state index in [2.05, 4.69) is 14.9 Å². The molecule has 0 aromatic heterocycles. The Morgan fingerprint density at radius 2 is 1.94 bits per heavy atom. The molecule has 2 atom stereocenters. The van der Waals surface area contributed by atoms with Crippen molar-refractivity contribution in [1.82, 2.24) is 4.90 Å². The summed E-state index contributed by atoms with van der Waals surface area (Å²) in [4.78, 5) is 10.6. The maximum Gasteiger partial charge on any atom is 0.218 e. The molecule has 2 heterocycles. The van der Waals surface area contributed by atoms with Crippen LogP contribution in [0.15, 0.2) is 9.98 Å². The van der Waals surface area contributed by atoms with E-state index in [1.807, 2.05) is 0 Å². The molecule has 0 radical (unpaired) electrons. The Balaban J connectivity index is 1.94. The van der Waals surface area contributed by atoms with Crippen molar-refractivity contribution in [2.75, 3.05) is 13.1 Å². The second-order valence-corrected chi connectivity index (χ2v) is 4.53. The third-order valence-electron chi connectivity index (χ3n) is 3.35. The van der Waals surface area contributed by atoms with Gasteiger partial charge in [0.25, 0.3) is 0 Å². The van der Waals surface area contributed by atoms with Gasteiger partial charge in [0.15, 0.2) is 5.96 Å². The largest absolute Gasteiger partial charge is 0.370 e. The number of guanidine groups is 2. The first kappa shape index (κ1) is 11.2. The van der Waals surface area contributed by atoms with Gasteiger partial charge in [-0.05, 0) is 32.2 Å². The highest BCUT2D eigenvalue weighted by molar-refractivity contribution is 5.92. The van der Waals surface area contributed by atoms with Crippen LogP contribution in [0.1, 0.15) is 25.7 Å². The van der Waals surface area contributed by atoms with E-state index in [-0.39, 0.29) is 18.0 Å². The Hall–Kier alpha value is -1.30. The number of aliphatic imine (C=N–C) groups is 2. The third kappa shape index (κ3) is 2.63. The Morgan fingerprint density at radius 3 is 2.69 bits per heavy atom. The normalized spacial score (nSPS) is 31.1. The lowest BCUT2D eigenvalue weighted by Gasteiger charge is -2.32. The summed E-state index contributed by atoms with van der Waals surface area (Å²) in [6.07, 6.45) is 4.73. The summed E-state index contributed by atoms with van der Waals surface area (Å²) < 4.78 is 0. The van der Waals surface area contributed by atoms with E-state index in [0.717, 1.165) is 19.4 Å². The van der Waals surface area contributed by atoms with Gasteiger partial charge in [-0.2, -0.15) is 4.99 Å². The Kier molecular flexibility index (Phi) is 3.28. The molecule has 6 heteroatoms. The molecule has 0 aliphatic carbocycles.